The predicted octanol–water partition coefficient (Wildman–Crippen LogP) is 4.22. The van der Waals surface area contributed by atoms with Gasteiger partial charge in [0.05, 0.1) is 5.02 Å². The summed E-state index contributed by atoms with van der Waals surface area (Å²) in [5.74, 6) is -1.89. The summed E-state index contributed by atoms with van der Waals surface area (Å²) in [6.07, 6.45) is 0. The molecule has 0 aliphatic rings. The Bertz CT molecular complexity index is 538. The van der Waals surface area contributed by atoms with Crippen LogP contribution < -0.4 is 0 Å². The lowest BCUT2D eigenvalue weighted by Crippen LogP contribution is -1.88. The smallest absolute Gasteiger partial charge is 0.139 e. The molecule has 2 rings (SSSR count). The summed E-state index contributed by atoms with van der Waals surface area (Å²) in [5, 5.41) is 0.0258. The third-order valence-electron chi connectivity index (χ3n) is 2.08. The van der Waals surface area contributed by atoms with Gasteiger partial charge in [-0.1, -0.05) is 11.6 Å². The van der Waals surface area contributed by atoms with Crippen LogP contribution >= 0.6 is 11.6 Å². The molecule has 4 heteroatoms. The molecule has 0 bridgehead atoms. The van der Waals surface area contributed by atoms with Gasteiger partial charge in [-0.2, -0.15) is 0 Å². The number of benzene rings is 2. The van der Waals surface area contributed by atoms with E-state index in [1.807, 2.05) is 0 Å². The maximum absolute atomic E-state index is 13.4. The van der Waals surface area contributed by atoms with Crippen molar-refractivity contribution in [1.82, 2.24) is 0 Å². The highest BCUT2D eigenvalue weighted by Crippen LogP contribution is 2.30. The lowest BCUT2D eigenvalue weighted by Gasteiger charge is -2.05. The number of halogens is 4. The van der Waals surface area contributed by atoms with Gasteiger partial charge in [0.1, 0.15) is 17.5 Å². The Morgan fingerprint density at radius 1 is 0.938 bits per heavy atom. The highest BCUT2D eigenvalue weighted by molar-refractivity contribution is 6.33. The van der Waals surface area contributed by atoms with Crippen molar-refractivity contribution >= 4 is 11.6 Å². The van der Waals surface area contributed by atoms with E-state index < -0.39 is 17.5 Å². The van der Waals surface area contributed by atoms with E-state index in [9.17, 15) is 13.2 Å². The van der Waals surface area contributed by atoms with Gasteiger partial charge in [0, 0.05) is 17.2 Å². The van der Waals surface area contributed by atoms with Crippen molar-refractivity contribution in [1.29, 1.82) is 0 Å². The molecule has 0 fully saturated rings. The third-order valence-corrected chi connectivity index (χ3v) is 2.39. The van der Waals surface area contributed by atoms with Crippen molar-refractivity contribution in [3.05, 3.63) is 58.9 Å². The van der Waals surface area contributed by atoms with Gasteiger partial charge >= 0.3 is 0 Å². The number of hydrogen-bond acceptors (Lipinski definition) is 0. The van der Waals surface area contributed by atoms with E-state index in [2.05, 4.69) is 6.07 Å². The molecule has 81 valence electrons. The summed E-state index contributed by atoms with van der Waals surface area (Å²) in [4.78, 5) is 0. The minimum atomic E-state index is -0.727. The molecule has 2 aromatic carbocycles. The van der Waals surface area contributed by atoms with Crippen molar-refractivity contribution in [2.45, 2.75) is 0 Å². The highest BCUT2D eigenvalue weighted by atomic mass is 35.5. The van der Waals surface area contributed by atoms with E-state index in [1.54, 1.807) is 0 Å². The summed E-state index contributed by atoms with van der Waals surface area (Å²) in [5.41, 5.74) is 0.196. The standard InChI is InChI=1S/C12H5ClF3/c13-11-6-8(15)1-3-9(11)10-5-7(14)2-4-12(10)16/h1-3,5-6H. The Morgan fingerprint density at radius 3 is 2.38 bits per heavy atom. The van der Waals surface area contributed by atoms with Gasteiger partial charge in [0.2, 0.25) is 0 Å². The third kappa shape index (κ3) is 2.04. The van der Waals surface area contributed by atoms with Gasteiger partial charge in [-0.3, -0.25) is 0 Å². The summed E-state index contributed by atoms with van der Waals surface area (Å²) < 4.78 is 39.1. The van der Waals surface area contributed by atoms with E-state index >= 15 is 0 Å². The van der Waals surface area contributed by atoms with Gasteiger partial charge in [0.25, 0.3) is 0 Å². The molecule has 0 spiro atoms. The lowest BCUT2D eigenvalue weighted by atomic mass is 10.0. The first-order valence-corrected chi connectivity index (χ1v) is 4.78. The Hall–Kier alpha value is -1.48. The first-order chi connectivity index (χ1) is 7.58. The molecule has 0 unspecified atom stereocenters. The maximum atomic E-state index is 13.4. The van der Waals surface area contributed by atoms with E-state index in [0.717, 1.165) is 24.3 Å². The van der Waals surface area contributed by atoms with Crippen LogP contribution in [0, 0.1) is 23.5 Å². The maximum Gasteiger partial charge on any atom is 0.139 e. The number of hydrogen-bond donors (Lipinski definition) is 0. The van der Waals surface area contributed by atoms with Crippen molar-refractivity contribution in [3.8, 4) is 11.1 Å². The molecule has 0 aliphatic heterocycles. The van der Waals surface area contributed by atoms with Crippen LogP contribution in [-0.2, 0) is 0 Å². The molecule has 0 atom stereocenters. The zero-order valence-corrected chi connectivity index (χ0v) is 8.65. The van der Waals surface area contributed by atoms with Crippen molar-refractivity contribution in [2.24, 2.45) is 0 Å². The first kappa shape index (κ1) is 11.0. The fourth-order valence-corrected chi connectivity index (χ4v) is 1.63. The van der Waals surface area contributed by atoms with E-state index in [4.69, 9.17) is 11.6 Å². The molecule has 1 radical (unpaired) electrons. The Morgan fingerprint density at radius 2 is 1.69 bits per heavy atom. The Labute approximate surface area is 95.3 Å². The lowest BCUT2D eigenvalue weighted by molar-refractivity contribution is 0.601. The summed E-state index contributed by atoms with van der Waals surface area (Å²) in [6.45, 7) is 0. The average Bonchev–Trinajstić information content (AvgIpc) is 2.22. The fraction of sp³-hybridized carbons (Fsp3) is 0. The highest BCUT2D eigenvalue weighted by Gasteiger charge is 2.10. The van der Waals surface area contributed by atoms with Gasteiger partial charge in [-0.25, -0.2) is 13.2 Å². The SMILES string of the molecule is Fc1ccc(-c2cc(F)c[c]c2F)c(Cl)c1. The van der Waals surface area contributed by atoms with Gasteiger partial charge in [-0.15, -0.1) is 0 Å². The van der Waals surface area contributed by atoms with E-state index in [0.29, 0.717) is 0 Å². The Balaban J connectivity index is 2.62. The van der Waals surface area contributed by atoms with E-state index in [-0.39, 0.29) is 16.1 Å². The van der Waals surface area contributed by atoms with Crippen LogP contribution in [0.2, 0.25) is 5.02 Å². The molecule has 0 heterocycles. The van der Waals surface area contributed by atoms with Gasteiger partial charge in [0.15, 0.2) is 0 Å². The normalized spacial score (nSPS) is 10.5. The Kier molecular flexibility index (Phi) is 2.88. The van der Waals surface area contributed by atoms with Crippen LogP contribution in [0.3, 0.4) is 0 Å². The molecule has 0 saturated heterocycles. The van der Waals surface area contributed by atoms with Gasteiger partial charge < -0.3 is 0 Å². The fourth-order valence-electron chi connectivity index (χ4n) is 1.36. The molecular weight excluding hydrogens is 237 g/mol. The van der Waals surface area contributed by atoms with Crippen LogP contribution in [0.25, 0.3) is 11.1 Å². The molecule has 0 saturated carbocycles. The molecule has 0 amide bonds. The molecule has 0 nitrogen and oxygen atoms in total. The van der Waals surface area contributed by atoms with Crippen LogP contribution in [-0.4, -0.2) is 0 Å². The second-order valence-electron chi connectivity index (χ2n) is 3.17. The van der Waals surface area contributed by atoms with E-state index in [1.165, 1.54) is 6.07 Å². The predicted molar refractivity (Wildman–Crippen MR) is 55.6 cm³/mol. The molecule has 2 aromatic rings. The minimum Gasteiger partial charge on any atom is -0.207 e. The largest absolute Gasteiger partial charge is 0.207 e. The monoisotopic (exact) mass is 241 g/mol. The topological polar surface area (TPSA) is 0 Å². The van der Waals surface area contributed by atoms with Crippen LogP contribution in [0.5, 0.6) is 0 Å². The molecule has 0 aromatic heterocycles. The van der Waals surface area contributed by atoms with Crippen LogP contribution in [0.4, 0.5) is 13.2 Å². The quantitative estimate of drug-likeness (QED) is 0.701. The second kappa shape index (κ2) is 4.18. The molecule has 0 aliphatic carbocycles. The summed E-state index contributed by atoms with van der Waals surface area (Å²) in [7, 11) is 0. The molecule has 16 heavy (non-hydrogen) atoms. The van der Waals surface area contributed by atoms with Crippen molar-refractivity contribution in [2.75, 3.05) is 0 Å². The minimum absolute atomic E-state index is 0.0258. The van der Waals surface area contributed by atoms with Gasteiger partial charge in [-0.05, 0) is 30.3 Å². The first-order valence-electron chi connectivity index (χ1n) is 4.40. The zero-order valence-electron chi connectivity index (χ0n) is 7.90. The average molecular weight is 242 g/mol. The zero-order chi connectivity index (χ0) is 11.7. The second-order valence-corrected chi connectivity index (χ2v) is 3.58. The molecular formula is C12H5ClF3. The summed E-state index contributed by atoms with van der Waals surface area (Å²) >= 11 is 5.75. The summed E-state index contributed by atoms with van der Waals surface area (Å²) in [6, 6.07) is 7.46. The van der Waals surface area contributed by atoms with Crippen molar-refractivity contribution in [3.63, 3.8) is 0 Å². The molecule has 0 N–H and O–H groups in total. The van der Waals surface area contributed by atoms with Crippen LogP contribution in [0.15, 0.2) is 30.3 Å². The van der Waals surface area contributed by atoms with Crippen molar-refractivity contribution < 1.29 is 13.2 Å². The van der Waals surface area contributed by atoms with Crippen LogP contribution in [0.1, 0.15) is 0 Å². The number of rotatable bonds is 1.